The minimum atomic E-state index is -3.67. The zero-order valence-corrected chi connectivity index (χ0v) is 22.6. The number of fused-ring (bicyclic) bond motifs is 1. The smallest absolute Gasteiger partial charge is 0.265 e. The van der Waals surface area contributed by atoms with E-state index in [1.54, 1.807) is 33.4 Å². The van der Waals surface area contributed by atoms with Gasteiger partial charge in [-0.2, -0.15) is 4.31 Å². The molecule has 1 amide bonds. The van der Waals surface area contributed by atoms with E-state index in [-0.39, 0.29) is 47.2 Å². The van der Waals surface area contributed by atoms with E-state index in [1.165, 1.54) is 27.0 Å². The molecule has 0 radical (unpaired) electrons. The molecule has 0 bridgehead atoms. The number of nitrogens with zero attached hydrogens (tertiary/aromatic N) is 3. The maximum Gasteiger partial charge on any atom is 0.265 e. The van der Waals surface area contributed by atoms with Gasteiger partial charge in [0.1, 0.15) is 14.9 Å². The van der Waals surface area contributed by atoms with Crippen LogP contribution in [-0.4, -0.2) is 74.0 Å². The highest BCUT2D eigenvalue weighted by atomic mass is 35.5. The summed E-state index contributed by atoms with van der Waals surface area (Å²) in [6, 6.07) is 6.97. The quantitative estimate of drug-likeness (QED) is 0.337. The van der Waals surface area contributed by atoms with Crippen LogP contribution >= 0.6 is 45.9 Å². The van der Waals surface area contributed by atoms with Crippen LogP contribution in [0.2, 0.25) is 10.0 Å². The van der Waals surface area contributed by atoms with Gasteiger partial charge in [-0.3, -0.25) is 10.2 Å². The number of hydrogen-bond donors (Lipinski definition) is 1. The summed E-state index contributed by atoms with van der Waals surface area (Å²) >= 11 is 14.9. The van der Waals surface area contributed by atoms with Gasteiger partial charge in [-0.1, -0.05) is 36.2 Å². The lowest BCUT2D eigenvalue weighted by molar-refractivity contribution is 0.0703. The molecule has 12 heteroatoms. The Hall–Kier alpha value is -1.69. The van der Waals surface area contributed by atoms with E-state index in [2.05, 4.69) is 0 Å². The standard InChI is InChI=1S/C22H24Cl2N4O3S3/c1-3-6-26(2)21(25)16-13-32-20(19(16)24)22(29)27-7-9-28(10-8-27)34(30,31)18-11-14-4-5-15(23)12-17(14)33-18/h4-5,11-13,25H,3,6-10H2,1-2H3. The van der Waals surface area contributed by atoms with Crippen LogP contribution < -0.4 is 0 Å². The Bertz CT molecular complexity index is 1340. The van der Waals surface area contributed by atoms with Crippen LogP contribution in [0.1, 0.15) is 28.6 Å². The lowest BCUT2D eigenvalue weighted by Crippen LogP contribution is -2.50. The maximum atomic E-state index is 13.2. The van der Waals surface area contributed by atoms with Gasteiger partial charge in [0.05, 0.1) is 5.02 Å². The molecule has 1 fully saturated rings. The van der Waals surface area contributed by atoms with Crippen molar-refractivity contribution in [3.05, 3.63) is 50.1 Å². The number of benzene rings is 1. The van der Waals surface area contributed by atoms with Gasteiger partial charge in [0.25, 0.3) is 15.9 Å². The minimum absolute atomic E-state index is 0.202. The molecule has 0 aliphatic carbocycles. The summed E-state index contributed by atoms with van der Waals surface area (Å²) in [5.41, 5.74) is 0.539. The molecule has 182 valence electrons. The minimum Gasteiger partial charge on any atom is -0.360 e. The summed E-state index contributed by atoms with van der Waals surface area (Å²) in [5, 5.41) is 11.8. The Morgan fingerprint density at radius 2 is 1.88 bits per heavy atom. The van der Waals surface area contributed by atoms with Crippen LogP contribution in [0.4, 0.5) is 0 Å². The van der Waals surface area contributed by atoms with Crippen molar-refractivity contribution in [3.63, 3.8) is 0 Å². The van der Waals surface area contributed by atoms with Crippen LogP contribution in [0.5, 0.6) is 0 Å². The monoisotopic (exact) mass is 558 g/mol. The van der Waals surface area contributed by atoms with Gasteiger partial charge in [-0.05, 0) is 30.0 Å². The third-order valence-corrected chi connectivity index (χ3v) is 10.9. The summed E-state index contributed by atoms with van der Waals surface area (Å²) in [7, 11) is -1.84. The van der Waals surface area contributed by atoms with Crippen LogP contribution in [0.15, 0.2) is 33.9 Å². The molecule has 0 spiro atoms. The molecule has 1 aliphatic rings. The zero-order chi connectivity index (χ0) is 24.6. The van der Waals surface area contributed by atoms with Crippen molar-refractivity contribution in [1.29, 1.82) is 5.41 Å². The van der Waals surface area contributed by atoms with E-state index in [0.29, 0.717) is 15.5 Å². The van der Waals surface area contributed by atoms with Gasteiger partial charge in [-0.15, -0.1) is 22.7 Å². The molecule has 0 atom stereocenters. The first-order chi connectivity index (χ1) is 16.1. The number of nitrogens with one attached hydrogen (secondary N) is 1. The van der Waals surface area contributed by atoms with Gasteiger partial charge in [0.15, 0.2) is 0 Å². The summed E-state index contributed by atoms with van der Waals surface area (Å²) in [4.78, 5) is 16.9. The molecule has 1 aromatic carbocycles. The molecular formula is C22H24Cl2N4O3S3. The third-order valence-electron chi connectivity index (χ3n) is 5.70. The van der Waals surface area contributed by atoms with Crippen LogP contribution in [0, 0.1) is 5.41 Å². The highest BCUT2D eigenvalue weighted by molar-refractivity contribution is 7.91. The third kappa shape index (κ3) is 4.84. The molecule has 0 unspecified atom stereocenters. The van der Waals surface area contributed by atoms with Crippen LogP contribution in [0.3, 0.4) is 0 Å². The molecule has 1 aliphatic heterocycles. The van der Waals surface area contributed by atoms with Crippen molar-refractivity contribution in [2.75, 3.05) is 39.8 Å². The summed E-state index contributed by atoms with van der Waals surface area (Å²) in [5.74, 6) is 0.0448. The maximum absolute atomic E-state index is 13.2. The number of halogens is 2. The van der Waals surface area contributed by atoms with E-state index in [0.717, 1.165) is 23.1 Å². The first-order valence-corrected chi connectivity index (χ1v) is 14.6. The van der Waals surface area contributed by atoms with E-state index in [9.17, 15) is 13.2 Å². The normalized spacial score (nSPS) is 15.1. The Morgan fingerprint density at radius 3 is 2.56 bits per heavy atom. The van der Waals surface area contributed by atoms with Crippen molar-refractivity contribution in [2.45, 2.75) is 17.6 Å². The first kappa shape index (κ1) is 25.4. The second-order valence-electron chi connectivity index (χ2n) is 8.01. The molecule has 1 saturated heterocycles. The molecular weight excluding hydrogens is 535 g/mol. The van der Waals surface area contributed by atoms with Gasteiger partial charge in [-0.25, -0.2) is 8.42 Å². The van der Waals surface area contributed by atoms with Gasteiger partial charge >= 0.3 is 0 Å². The second-order valence-corrected chi connectivity index (χ2v) is 12.9. The number of piperazine rings is 1. The predicted octanol–water partition coefficient (Wildman–Crippen LogP) is 5.08. The van der Waals surface area contributed by atoms with Crippen LogP contribution in [-0.2, 0) is 10.0 Å². The van der Waals surface area contributed by atoms with E-state index < -0.39 is 10.0 Å². The SMILES string of the molecule is CCCN(C)C(=N)c1csc(C(=O)N2CCN(S(=O)(=O)c3cc4ccc(Cl)cc4s3)CC2)c1Cl. The van der Waals surface area contributed by atoms with Crippen LogP contribution in [0.25, 0.3) is 10.1 Å². The molecule has 0 saturated carbocycles. The highest BCUT2D eigenvalue weighted by Gasteiger charge is 2.33. The largest absolute Gasteiger partial charge is 0.360 e. The molecule has 3 heterocycles. The van der Waals surface area contributed by atoms with Crippen molar-refractivity contribution in [2.24, 2.45) is 0 Å². The van der Waals surface area contributed by atoms with Gasteiger partial charge in [0.2, 0.25) is 0 Å². The fourth-order valence-corrected chi connectivity index (χ4v) is 8.39. The van der Waals surface area contributed by atoms with Crippen molar-refractivity contribution >= 4 is 77.7 Å². The van der Waals surface area contributed by atoms with Crippen molar-refractivity contribution in [3.8, 4) is 0 Å². The van der Waals surface area contributed by atoms with E-state index >= 15 is 0 Å². The lowest BCUT2D eigenvalue weighted by atomic mass is 10.2. The predicted molar refractivity (Wildman–Crippen MR) is 141 cm³/mol. The summed E-state index contributed by atoms with van der Waals surface area (Å²) in [6.07, 6.45) is 0.898. The number of rotatable bonds is 6. The summed E-state index contributed by atoms with van der Waals surface area (Å²) in [6.45, 7) is 3.70. The highest BCUT2D eigenvalue weighted by Crippen LogP contribution is 2.34. The molecule has 7 nitrogen and oxygen atoms in total. The fraction of sp³-hybridized carbons (Fsp3) is 0.364. The Balaban J connectivity index is 1.45. The first-order valence-electron chi connectivity index (χ1n) is 10.7. The molecule has 4 rings (SSSR count). The Morgan fingerprint density at radius 1 is 1.18 bits per heavy atom. The topological polar surface area (TPSA) is 84.8 Å². The molecule has 3 aromatic rings. The number of carbonyl (C=O) groups is 1. The van der Waals surface area contributed by atoms with E-state index in [4.69, 9.17) is 28.6 Å². The number of amidine groups is 1. The zero-order valence-electron chi connectivity index (χ0n) is 18.7. The number of carbonyl (C=O) groups excluding carboxylic acids is 1. The number of thiophene rings is 2. The number of amides is 1. The van der Waals surface area contributed by atoms with Crippen molar-refractivity contribution < 1.29 is 13.2 Å². The number of hydrogen-bond acceptors (Lipinski definition) is 6. The second kappa shape index (κ2) is 10.1. The molecule has 34 heavy (non-hydrogen) atoms. The average Bonchev–Trinajstić information content (AvgIpc) is 3.42. The molecule has 2 aromatic heterocycles. The van der Waals surface area contributed by atoms with Gasteiger partial charge in [0, 0.05) is 60.4 Å². The van der Waals surface area contributed by atoms with E-state index in [1.807, 2.05) is 20.0 Å². The summed E-state index contributed by atoms with van der Waals surface area (Å²) < 4.78 is 28.9. The Labute approximate surface area is 217 Å². The van der Waals surface area contributed by atoms with Crippen molar-refractivity contribution in [1.82, 2.24) is 14.1 Å². The van der Waals surface area contributed by atoms with Gasteiger partial charge < -0.3 is 9.80 Å². The molecule has 1 N–H and O–H groups in total. The Kier molecular flexibility index (Phi) is 7.56. The number of sulfonamides is 1. The lowest BCUT2D eigenvalue weighted by Gasteiger charge is -2.33. The average molecular weight is 560 g/mol. The fourth-order valence-electron chi connectivity index (χ4n) is 3.81.